The lowest BCUT2D eigenvalue weighted by Gasteiger charge is -2.10. The van der Waals surface area contributed by atoms with Crippen molar-refractivity contribution in [3.05, 3.63) is 33.9 Å². The van der Waals surface area contributed by atoms with Gasteiger partial charge < -0.3 is 22.5 Å². The lowest BCUT2D eigenvalue weighted by atomic mass is 10.1. The first-order valence-corrected chi connectivity index (χ1v) is 5.29. The van der Waals surface area contributed by atoms with Gasteiger partial charge in [0, 0.05) is 24.2 Å². The van der Waals surface area contributed by atoms with Gasteiger partial charge >= 0.3 is 0 Å². The number of nitro groups is 1. The van der Waals surface area contributed by atoms with Crippen molar-refractivity contribution < 1.29 is 22.1 Å². The molecule has 0 saturated heterocycles. The molecule has 0 aliphatic rings. The normalized spacial score (nSPS) is 9.53. The Bertz CT molecular complexity index is 372. The molecule has 0 fully saturated rings. The van der Waals surface area contributed by atoms with Crippen LogP contribution in [-0.4, -0.2) is 18.1 Å². The second kappa shape index (κ2) is 7.86. The zero-order valence-corrected chi connectivity index (χ0v) is 10.7. The molecule has 0 saturated carbocycles. The van der Waals surface area contributed by atoms with Crippen molar-refractivity contribution in [2.75, 3.05) is 13.2 Å². The Morgan fingerprint density at radius 3 is 2.65 bits per heavy atom. The van der Waals surface area contributed by atoms with E-state index in [1.54, 1.807) is 12.1 Å². The summed E-state index contributed by atoms with van der Waals surface area (Å²) in [5.74, 6) is 0.703. The first-order chi connectivity index (χ1) is 7.69. The predicted octanol–water partition coefficient (Wildman–Crippen LogP) is -0.893. The molecule has 0 heterocycles. The van der Waals surface area contributed by atoms with Crippen molar-refractivity contribution >= 4 is 5.69 Å². The second-order valence-corrected chi connectivity index (χ2v) is 3.26. The average molecular weight is 260 g/mol. The van der Waals surface area contributed by atoms with Gasteiger partial charge in [0.25, 0.3) is 5.69 Å². The van der Waals surface area contributed by atoms with Crippen LogP contribution in [0.15, 0.2) is 18.2 Å². The lowest BCUT2D eigenvalue weighted by Crippen LogP contribution is -3.00. The van der Waals surface area contributed by atoms with Crippen LogP contribution in [0.1, 0.15) is 19.4 Å². The molecule has 0 aliphatic heterocycles. The minimum Gasteiger partial charge on any atom is -1.00 e. The summed E-state index contributed by atoms with van der Waals surface area (Å²) in [5, 5.41) is 13.8. The Hall–Kier alpha value is -1.33. The lowest BCUT2D eigenvalue weighted by molar-refractivity contribution is -0.384. The number of ether oxygens (including phenoxy) is 1. The van der Waals surface area contributed by atoms with Crippen molar-refractivity contribution in [1.82, 2.24) is 5.32 Å². The van der Waals surface area contributed by atoms with Gasteiger partial charge in [-0.3, -0.25) is 10.1 Å². The first-order valence-electron chi connectivity index (χ1n) is 5.29. The number of nitro benzene ring substituents is 1. The molecule has 1 rings (SSSR count). The zero-order chi connectivity index (χ0) is 12.0. The van der Waals surface area contributed by atoms with Crippen LogP contribution in [0, 0.1) is 10.1 Å². The summed E-state index contributed by atoms with van der Waals surface area (Å²) >= 11 is 0. The first kappa shape index (κ1) is 15.7. The number of nitrogens with zero attached hydrogens (tertiary/aromatic N) is 1. The maximum atomic E-state index is 10.6. The van der Waals surface area contributed by atoms with Gasteiger partial charge in [0.05, 0.1) is 11.5 Å². The number of halogens is 1. The third-order valence-corrected chi connectivity index (χ3v) is 2.12. The molecule has 17 heavy (non-hydrogen) atoms. The van der Waals surface area contributed by atoms with E-state index in [1.165, 1.54) is 6.07 Å². The summed E-state index contributed by atoms with van der Waals surface area (Å²) in [6, 6.07) is 4.66. The monoisotopic (exact) mass is 259 g/mol. The van der Waals surface area contributed by atoms with Crippen LogP contribution in [0.2, 0.25) is 0 Å². The van der Waals surface area contributed by atoms with E-state index in [9.17, 15) is 10.1 Å². The molecule has 1 aromatic carbocycles. The average Bonchev–Trinajstić information content (AvgIpc) is 2.27. The zero-order valence-electron chi connectivity index (χ0n) is 9.90. The predicted molar refractivity (Wildman–Crippen MR) is 61.6 cm³/mol. The molecule has 0 radical (unpaired) electrons. The van der Waals surface area contributed by atoms with Crippen LogP contribution in [0.4, 0.5) is 5.69 Å². The molecule has 0 bridgehead atoms. The van der Waals surface area contributed by atoms with Gasteiger partial charge in [0.2, 0.25) is 0 Å². The molecule has 96 valence electrons. The third-order valence-electron chi connectivity index (χ3n) is 2.12. The minimum atomic E-state index is -0.398. The van der Waals surface area contributed by atoms with Crippen molar-refractivity contribution in [2.24, 2.45) is 0 Å². The molecule has 5 nitrogen and oxygen atoms in total. The van der Waals surface area contributed by atoms with Crippen molar-refractivity contribution in [3.63, 3.8) is 0 Å². The number of non-ortho nitro benzene ring substituents is 1. The van der Waals surface area contributed by atoms with Crippen LogP contribution < -0.4 is 22.5 Å². The molecular weight excluding hydrogens is 244 g/mol. The highest BCUT2D eigenvalue weighted by atomic mass is 35.5. The fourth-order valence-corrected chi connectivity index (χ4v) is 1.37. The summed E-state index contributed by atoms with van der Waals surface area (Å²) in [5.41, 5.74) is 0.911. The summed E-state index contributed by atoms with van der Waals surface area (Å²) in [6.45, 7) is 5.81. The molecule has 1 aromatic rings. The Labute approximate surface area is 107 Å². The smallest absolute Gasteiger partial charge is 0.270 e. The molecule has 0 unspecified atom stereocenters. The summed E-state index contributed by atoms with van der Waals surface area (Å²) < 4.78 is 5.41. The van der Waals surface area contributed by atoms with Crippen LogP contribution in [0.3, 0.4) is 0 Å². The van der Waals surface area contributed by atoms with Crippen LogP contribution in [0.5, 0.6) is 5.75 Å². The summed E-state index contributed by atoms with van der Waals surface area (Å²) in [7, 11) is 0. The van der Waals surface area contributed by atoms with E-state index in [-0.39, 0.29) is 18.1 Å². The van der Waals surface area contributed by atoms with E-state index in [0.29, 0.717) is 18.9 Å². The van der Waals surface area contributed by atoms with E-state index in [1.807, 2.05) is 13.8 Å². The van der Waals surface area contributed by atoms with Gasteiger partial charge in [0.15, 0.2) is 0 Å². The van der Waals surface area contributed by atoms with E-state index in [0.717, 1.165) is 12.1 Å². The number of hydrogen-bond donors (Lipinski definition) is 1. The topological polar surface area (TPSA) is 64.4 Å². The van der Waals surface area contributed by atoms with Gasteiger partial charge in [-0.2, -0.15) is 0 Å². The van der Waals surface area contributed by atoms with Gasteiger partial charge in [-0.05, 0) is 19.5 Å². The quantitative estimate of drug-likeness (QED) is 0.532. The number of benzene rings is 1. The summed E-state index contributed by atoms with van der Waals surface area (Å²) in [4.78, 5) is 10.2. The molecule has 0 spiro atoms. The molecule has 1 N–H and O–H groups in total. The van der Waals surface area contributed by atoms with Crippen molar-refractivity contribution in [3.8, 4) is 5.75 Å². The van der Waals surface area contributed by atoms with Gasteiger partial charge in [-0.15, -0.1) is 0 Å². The van der Waals surface area contributed by atoms with Crippen molar-refractivity contribution in [2.45, 2.75) is 20.4 Å². The Morgan fingerprint density at radius 1 is 1.41 bits per heavy atom. The largest absolute Gasteiger partial charge is 1.00 e. The maximum absolute atomic E-state index is 10.6. The number of hydrogen-bond acceptors (Lipinski definition) is 4. The fraction of sp³-hybridized carbons (Fsp3) is 0.455. The standard InChI is InChI=1S/C11H16N2O3.ClH/c1-3-12-8-9-7-10(13(14)15)5-6-11(9)16-4-2;/h5-7,12H,3-4,8H2,1-2H3;1H/p-1. The molecule has 6 heteroatoms. The Morgan fingerprint density at radius 2 is 2.12 bits per heavy atom. The fourth-order valence-electron chi connectivity index (χ4n) is 1.37. The van der Waals surface area contributed by atoms with Crippen LogP contribution in [0.25, 0.3) is 0 Å². The highest BCUT2D eigenvalue weighted by Gasteiger charge is 2.10. The molecular formula is C11H16ClN2O3-. The third kappa shape index (κ3) is 4.58. The molecule has 0 aromatic heterocycles. The maximum Gasteiger partial charge on any atom is 0.270 e. The highest BCUT2D eigenvalue weighted by Crippen LogP contribution is 2.24. The number of nitrogens with one attached hydrogen (secondary N) is 1. The highest BCUT2D eigenvalue weighted by molar-refractivity contribution is 5.43. The Balaban J connectivity index is 0.00000256. The van der Waals surface area contributed by atoms with Gasteiger partial charge in [0.1, 0.15) is 5.75 Å². The van der Waals surface area contributed by atoms with Crippen LogP contribution in [-0.2, 0) is 6.54 Å². The van der Waals surface area contributed by atoms with E-state index in [4.69, 9.17) is 4.74 Å². The Kier molecular flexibility index (Phi) is 7.25. The summed E-state index contributed by atoms with van der Waals surface area (Å²) in [6.07, 6.45) is 0. The van der Waals surface area contributed by atoms with Crippen molar-refractivity contribution in [1.29, 1.82) is 0 Å². The minimum absolute atomic E-state index is 0. The number of rotatable bonds is 6. The second-order valence-electron chi connectivity index (χ2n) is 3.26. The van der Waals surface area contributed by atoms with E-state index >= 15 is 0 Å². The molecule has 0 atom stereocenters. The molecule has 0 aliphatic carbocycles. The molecule has 0 amide bonds. The van der Waals surface area contributed by atoms with Gasteiger partial charge in [-0.1, -0.05) is 6.92 Å². The van der Waals surface area contributed by atoms with Crippen LogP contribution >= 0.6 is 0 Å². The van der Waals surface area contributed by atoms with Gasteiger partial charge in [-0.25, -0.2) is 0 Å². The van der Waals surface area contributed by atoms with E-state index < -0.39 is 4.92 Å². The van der Waals surface area contributed by atoms with E-state index in [2.05, 4.69) is 5.32 Å². The SMILES string of the molecule is CCNCc1cc([N+](=O)[O-])ccc1OCC.[Cl-].